The summed E-state index contributed by atoms with van der Waals surface area (Å²) in [6.45, 7) is 0. The third kappa shape index (κ3) is 2.45. The topological polar surface area (TPSA) is 43.8 Å². The number of aromatic nitrogens is 2. The molecule has 0 amide bonds. The van der Waals surface area contributed by atoms with Crippen LogP contribution in [0.15, 0.2) is 53.0 Å². The number of anilines is 1. The minimum atomic E-state index is -0.310. The molecular weight excluding hydrogens is 333 g/mol. The average molecular weight is 346 g/mol. The van der Waals surface area contributed by atoms with Crippen LogP contribution in [0, 0.1) is 5.82 Å². The molecule has 3 nitrogen and oxygen atoms in total. The molecule has 0 fully saturated rings. The van der Waals surface area contributed by atoms with Gasteiger partial charge in [-0.2, -0.15) is 5.10 Å². The molecule has 3 aromatic rings. The zero-order valence-corrected chi connectivity index (χ0v) is 12.9. The molecule has 0 unspecified atom stereocenters. The van der Waals surface area contributed by atoms with Crippen LogP contribution >= 0.6 is 15.9 Å². The molecule has 0 bridgehead atoms. The molecule has 0 spiro atoms. The van der Waals surface area contributed by atoms with E-state index in [1.165, 1.54) is 6.07 Å². The fourth-order valence-corrected chi connectivity index (χ4v) is 2.54. The molecule has 106 valence electrons. The molecule has 0 aliphatic heterocycles. The summed E-state index contributed by atoms with van der Waals surface area (Å²) in [5.41, 5.74) is 8.74. The van der Waals surface area contributed by atoms with Gasteiger partial charge in [0.25, 0.3) is 0 Å². The van der Waals surface area contributed by atoms with Crippen LogP contribution in [0.25, 0.3) is 22.4 Å². The predicted molar refractivity (Wildman–Crippen MR) is 86.2 cm³/mol. The maximum Gasteiger partial charge on any atom is 0.131 e. The van der Waals surface area contributed by atoms with Gasteiger partial charge in [-0.1, -0.05) is 46.3 Å². The van der Waals surface area contributed by atoms with Gasteiger partial charge in [-0.05, 0) is 18.2 Å². The first-order valence-corrected chi connectivity index (χ1v) is 7.20. The second kappa shape index (κ2) is 5.33. The van der Waals surface area contributed by atoms with E-state index >= 15 is 0 Å². The van der Waals surface area contributed by atoms with Crippen molar-refractivity contribution in [3.63, 3.8) is 0 Å². The second-order valence-electron chi connectivity index (χ2n) is 4.72. The molecule has 1 heterocycles. The Kier molecular flexibility index (Phi) is 3.51. The minimum absolute atomic E-state index is 0.310. The van der Waals surface area contributed by atoms with Crippen molar-refractivity contribution in [3.05, 3.63) is 58.8 Å². The van der Waals surface area contributed by atoms with Gasteiger partial charge < -0.3 is 5.73 Å². The minimum Gasteiger partial charge on any atom is -0.383 e. The number of aryl methyl sites for hydroxylation is 1. The molecule has 0 radical (unpaired) electrons. The summed E-state index contributed by atoms with van der Waals surface area (Å²) in [5, 5.41) is 4.44. The Bertz CT molecular complexity index is 794. The number of hydrogen-bond donors (Lipinski definition) is 1. The van der Waals surface area contributed by atoms with E-state index in [9.17, 15) is 4.39 Å². The number of rotatable bonds is 2. The number of nitrogens with two attached hydrogens (primary N) is 1. The molecule has 3 rings (SSSR count). The maximum atomic E-state index is 14.1. The molecule has 0 aliphatic carbocycles. The number of hydrogen-bond acceptors (Lipinski definition) is 2. The normalized spacial score (nSPS) is 10.8. The van der Waals surface area contributed by atoms with Crippen LogP contribution in [0.4, 0.5) is 10.2 Å². The molecule has 0 atom stereocenters. The molecule has 0 saturated heterocycles. The van der Waals surface area contributed by atoms with Gasteiger partial charge in [0.1, 0.15) is 17.3 Å². The van der Waals surface area contributed by atoms with Crippen LogP contribution in [-0.4, -0.2) is 9.78 Å². The van der Waals surface area contributed by atoms with Crippen molar-refractivity contribution in [2.24, 2.45) is 7.05 Å². The smallest absolute Gasteiger partial charge is 0.131 e. The van der Waals surface area contributed by atoms with E-state index in [4.69, 9.17) is 5.73 Å². The average Bonchev–Trinajstić information content (AvgIpc) is 2.77. The lowest BCUT2D eigenvalue weighted by Crippen LogP contribution is -1.98. The van der Waals surface area contributed by atoms with Gasteiger partial charge in [-0.15, -0.1) is 0 Å². The van der Waals surface area contributed by atoms with E-state index in [2.05, 4.69) is 21.0 Å². The predicted octanol–water partition coefficient (Wildman–Crippen LogP) is 4.24. The van der Waals surface area contributed by atoms with Crippen LogP contribution < -0.4 is 5.73 Å². The van der Waals surface area contributed by atoms with E-state index in [1.54, 1.807) is 29.9 Å². The lowest BCUT2D eigenvalue weighted by molar-refractivity contribution is 0.631. The second-order valence-corrected chi connectivity index (χ2v) is 5.63. The van der Waals surface area contributed by atoms with E-state index in [0.29, 0.717) is 22.6 Å². The highest BCUT2D eigenvalue weighted by atomic mass is 79.9. The lowest BCUT2D eigenvalue weighted by atomic mass is 10.0. The summed E-state index contributed by atoms with van der Waals surface area (Å²) < 4.78 is 16.7. The quantitative estimate of drug-likeness (QED) is 0.754. The van der Waals surface area contributed by atoms with E-state index < -0.39 is 0 Å². The molecule has 0 aliphatic rings. The zero-order chi connectivity index (χ0) is 15.0. The van der Waals surface area contributed by atoms with Crippen molar-refractivity contribution in [2.75, 3.05) is 5.73 Å². The molecule has 5 heteroatoms. The summed E-state index contributed by atoms with van der Waals surface area (Å²) in [6.07, 6.45) is 0. The van der Waals surface area contributed by atoms with Crippen molar-refractivity contribution >= 4 is 21.7 Å². The first-order valence-electron chi connectivity index (χ1n) is 6.41. The number of nitrogen functional groups attached to an aromatic ring is 1. The van der Waals surface area contributed by atoms with E-state index in [0.717, 1.165) is 10.0 Å². The third-order valence-electron chi connectivity index (χ3n) is 3.35. The number of benzene rings is 2. The third-order valence-corrected chi connectivity index (χ3v) is 3.88. The standard InChI is InChI=1S/C16H13BrFN3/c1-21-16(19)14(12-4-2-3-5-13(12)18)15(20-21)10-6-8-11(17)9-7-10/h2-9H,19H2,1H3. The van der Waals surface area contributed by atoms with E-state index in [1.807, 2.05) is 24.3 Å². The van der Waals surface area contributed by atoms with Gasteiger partial charge in [0.15, 0.2) is 0 Å². The number of halogens is 2. The van der Waals surface area contributed by atoms with Crippen LogP contribution in [0.1, 0.15) is 0 Å². The van der Waals surface area contributed by atoms with Crippen molar-refractivity contribution in [3.8, 4) is 22.4 Å². The van der Waals surface area contributed by atoms with Gasteiger partial charge in [0.2, 0.25) is 0 Å². The van der Waals surface area contributed by atoms with E-state index in [-0.39, 0.29) is 5.82 Å². The fraction of sp³-hybridized carbons (Fsp3) is 0.0625. The van der Waals surface area contributed by atoms with Crippen LogP contribution in [-0.2, 0) is 7.05 Å². The number of nitrogens with zero attached hydrogens (tertiary/aromatic N) is 2. The van der Waals surface area contributed by atoms with Crippen molar-refractivity contribution < 1.29 is 4.39 Å². The highest BCUT2D eigenvalue weighted by Gasteiger charge is 2.19. The Hall–Kier alpha value is -2.14. The summed E-state index contributed by atoms with van der Waals surface area (Å²) >= 11 is 3.40. The van der Waals surface area contributed by atoms with Gasteiger partial charge >= 0.3 is 0 Å². The van der Waals surface area contributed by atoms with Gasteiger partial charge in [0, 0.05) is 22.6 Å². The SMILES string of the molecule is Cn1nc(-c2ccc(Br)cc2)c(-c2ccccc2F)c1N. The molecule has 21 heavy (non-hydrogen) atoms. The van der Waals surface area contributed by atoms with Crippen LogP contribution in [0.2, 0.25) is 0 Å². The lowest BCUT2D eigenvalue weighted by Gasteiger charge is -2.06. The van der Waals surface area contributed by atoms with Gasteiger partial charge in [0.05, 0.1) is 5.56 Å². The van der Waals surface area contributed by atoms with Crippen LogP contribution in [0.3, 0.4) is 0 Å². The molecular formula is C16H13BrFN3. The van der Waals surface area contributed by atoms with Crippen molar-refractivity contribution in [1.29, 1.82) is 0 Å². The van der Waals surface area contributed by atoms with Crippen molar-refractivity contribution in [2.45, 2.75) is 0 Å². The Morgan fingerprint density at radius 2 is 1.76 bits per heavy atom. The summed E-state index contributed by atoms with van der Waals surface area (Å²) in [4.78, 5) is 0. The van der Waals surface area contributed by atoms with Crippen molar-refractivity contribution in [1.82, 2.24) is 9.78 Å². The van der Waals surface area contributed by atoms with Gasteiger partial charge in [-0.3, -0.25) is 4.68 Å². The first-order chi connectivity index (χ1) is 10.1. The molecule has 1 aromatic heterocycles. The molecule has 0 saturated carbocycles. The Morgan fingerprint density at radius 1 is 1.10 bits per heavy atom. The van der Waals surface area contributed by atoms with Gasteiger partial charge in [-0.25, -0.2) is 4.39 Å². The highest BCUT2D eigenvalue weighted by molar-refractivity contribution is 9.10. The largest absolute Gasteiger partial charge is 0.383 e. The highest BCUT2D eigenvalue weighted by Crippen LogP contribution is 2.37. The Labute approximate surface area is 130 Å². The summed E-state index contributed by atoms with van der Waals surface area (Å²) in [7, 11) is 1.75. The van der Waals surface area contributed by atoms with Crippen LogP contribution in [0.5, 0.6) is 0 Å². The maximum absolute atomic E-state index is 14.1. The molecule has 2 N–H and O–H groups in total. The summed E-state index contributed by atoms with van der Waals surface area (Å²) in [5.74, 6) is 0.133. The Balaban J connectivity index is 2.26. The fourth-order valence-electron chi connectivity index (χ4n) is 2.28. The Morgan fingerprint density at radius 3 is 2.43 bits per heavy atom. The zero-order valence-electron chi connectivity index (χ0n) is 11.3. The first kappa shape index (κ1) is 13.8. The monoisotopic (exact) mass is 345 g/mol. The summed E-state index contributed by atoms with van der Waals surface area (Å²) in [6, 6.07) is 14.3. The molecule has 2 aromatic carbocycles.